The predicted octanol–water partition coefficient (Wildman–Crippen LogP) is 4.99. The average molecular weight is 464 g/mol. The van der Waals surface area contributed by atoms with Gasteiger partial charge in [0, 0.05) is 17.3 Å². The first-order valence-corrected chi connectivity index (χ1v) is 10.3. The van der Waals surface area contributed by atoms with Crippen molar-refractivity contribution in [2.75, 3.05) is 12.4 Å². The number of fused-ring (bicyclic) bond motifs is 1. The molecule has 1 aromatic heterocycles. The number of methoxy groups -OCH3 is 1. The molecule has 0 unspecified atom stereocenters. The van der Waals surface area contributed by atoms with Gasteiger partial charge in [0.1, 0.15) is 11.3 Å². The van der Waals surface area contributed by atoms with E-state index in [2.05, 4.69) is 5.32 Å². The molecule has 4 rings (SSSR count). The fourth-order valence-corrected chi connectivity index (χ4v) is 3.48. The first kappa shape index (κ1) is 22.1. The van der Waals surface area contributed by atoms with Crippen molar-refractivity contribution in [3.05, 3.63) is 105 Å². The molecule has 7 nitrogen and oxygen atoms in total. The second-order valence-electron chi connectivity index (χ2n) is 7.01. The number of anilines is 1. The van der Waals surface area contributed by atoms with Crippen molar-refractivity contribution in [1.29, 1.82) is 0 Å². The second kappa shape index (κ2) is 9.58. The summed E-state index contributed by atoms with van der Waals surface area (Å²) in [6, 6.07) is 20.8. The van der Waals surface area contributed by atoms with Crippen LogP contribution >= 0.6 is 11.6 Å². The largest absolute Gasteiger partial charge is 0.495 e. The van der Waals surface area contributed by atoms with Gasteiger partial charge in [-0.25, -0.2) is 4.79 Å². The molecular formula is C25H18ClNO6. The van der Waals surface area contributed by atoms with E-state index in [1.165, 1.54) is 13.2 Å². The summed E-state index contributed by atoms with van der Waals surface area (Å²) < 4.78 is 16.2. The highest BCUT2D eigenvalue weighted by Gasteiger charge is 2.27. The Morgan fingerprint density at radius 1 is 0.970 bits per heavy atom. The highest BCUT2D eigenvalue weighted by atomic mass is 35.5. The van der Waals surface area contributed by atoms with E-state index >= 15 is 0 Å². The van der Waals surface area contributed by atoms with Crippen LogP contribution in [0.3, 0.4) is 0 Å². The summed E-state index contributed by atoms with van der Waals surface area (Å²) in [6.45, 7) is 0. The van der Waals surface area contributed by atoms with Crippen molar-refractivity contribution in [2.24, 2.45) is 0 Å². The number of amides is 1. The van der Waals surface area contributed by atoms with Gasteiger partial charge in [-0.3, -0.25) is 9.59 Å². The van der Waals surface area contributed by atoms with Gasteiger partial charge in [0.05, 0.1) is 17.5 Å². The number of ether oxygens (including phenoxy) is 2. The van der Waals surface area contributed by atoms with Gasteiger partial charge in [-0.1, -0.05) is 54.1 Å². The summed E-state index contributed by atoms with van der Waals surface area (Å²) in [6.07, 6.45) is -1.31. The van der Waals surface area contributed by atoms with Gasteiger partial charge in [-0.15, -0.1) is 0 Å². The predicted molar refractivity (Wildman–Crippen MR) is 124 cm³/mol. The molecule has 1 heterocycles. The van der Waals surface area contributed by atoms with Crippen LogP contribution in [0.4, 0.5) is 5.69 Å². The van der Waals surface area contributed by atoms with Gasteiger partial charge in [-0.05, 0) is 30.3 Å². The number of hydrogen-bond donors (Lipinski definition) is 1. The molecule has 0 saturated heterocycles. The third kappa shape index (κ3) is 4.88. The Hall–Kier alpha value is -4.10. The number of para-hydroxylation sites is 1. The molecule has 1 N–H and O–H groups in total. The molecule has 0 saturated carbocycles. The van der Waals surface area contributed by atoms with Gasteiger partial charge in [0.15, 0.2) is 5.43 Å². The number of carbonyl (C=O) groups excluding carboxylic acids is 2. The first-order valence-electron chi connectivity index (χ1n) is 9.89. The van der Waals surface area contributed by atoms with Crippen molar-refractivity contribution < 1.29 is 23.5 Å². The van der Waals surface area contributed by atoms with Gasteiger partial charge >= 0.3 is 5.97 Å². The molecular weight excluding hydrogens is 446 g/mol. The minimum atomic E-state index is -1.31. The number of carbonyl (C=O) groups is 2. The Morgan fingerprint density at radius 3 is 2.42 bits per heavy atom. The lowest BCUT2D eigenvalue weighted by molar-refractivity contribution is -0.125. The molecule has 1 atom stereocenters. The number of hydrogen-bond acceptors (Lipinski definition) is 6. The Balaban J connectivity index is 1.62. The topological polar surface area (TPSA) is 94.8 Å². The number of nitrogens with one attached hydrogen (secondary N) is 1. The van der Waals surface area contributed by atoms with Crippen LogP contribution in [0.2, 0.25) is 5.02 Å². The standard InChI is InChI=1S/C25H18ClNO6/c1-31-21-12-11-16(13-18(21)26)27-24(29)23(15-7-3-2-4-8-15)33-25(30)22-14-19(28)17-9-5-6-10-20(17)32-22/h2-14,23H,1H3,(H,27,29)/t23-/m1/s1. The van der Waals surface area contributed by atoms with Crippen molar-refractivity contribution in [3.63, 3.8) is 0 Å². The average Bonchev–Trinajstić information content (AvgIpc) is 2.83. The summed E-state index contributed by atoms with van der Waals surface area (Å²) >= 11 is 6.13. The van der Waals surface area contributed by atoms with Crippen LogP contribution < -0.4 is 15.5 Å². The minimum Gasteiger partial charge on any atom is -0.495 e. The molecule has 8 heteroatoms. The zero-order valence-corrected chi connectivity index (χ0v) is 18.2. The van der Waals surface area contributed by atoms with E-state index in [-0.39, 0.29) is 11.3 Å². The molecule has 33 heavy (non-hydrogen) atoms. The lowest BCUT2D eigenvalue weighted by Gasteiger charge is -2.18. The molecule has 0 bridgehead atoms. The van der Waals surface area contributed by atoms with E-state index in [1.54, 1.807) is 66.7 Å². The second-order valence-corrected chi connectivity index (χ2v) is 7.41. The fourth-order valence-electron chi connectivity index (χ4n) is 3.22. The van der Waals surface area contributed by atoms with Crippen molar-refractivity contribution in [2.45, 2.75) is 6.10 Å². The summed E-state index contributed by atoms with van der Waals surface area (Å²) in [5.41, 5.74) is 0.675. The van der Waals surface area contributed by atoms with Crippen molar-refractivity contribution >= 4 is 40.1 Å². The lowest BCUT2D eigenvalue weighted by atomic mass is 10.1. The maximum Gasteiger partial charge on any atom is 0.375 e. The smallest absolute Gasteiger partial charge is 0.375 e. The molecule has 0 aliphatic rings. The van der Waals surface area contributed by atoms with Crippen LogP contribution in [-0.4, -0.2) is 19.0 Å². The van der Waals surface area contributed by atoms with Crippen LogP contribution in [0.1, 0.15) is 22.2 Å². The molecule has 1 amide bonds. The SMILES string of the molecule is COc1ccc(NC(=O)[C@H](OC(=O)c2cc(=O)c3ccccc3o2)c2ccccc2)cc1Cl. The van der Waals surface area contributed by atoms with Crippen molar-refractivity contribution in [1.82, 2.24) is 0 Å². The number of esters is 1. The zero-order valence-electron chi connectivity index (χ0n) is 17.4. The summed E-state index contributed by atoms with van der Waals surface area (Å²) in [4.78, 5) is 38.3. The van der Waals surface area contributed by atoms with Gasteiger partial charge < -0.3 is 19.2 Å². The Morgan fingerprint density at radius 2 is 1.70 bits per heavy atom. The van der Waals surface area contributed by atoms with Crippen LogP contribution in [0.25, 0.3) is 11.0 Å². The van der Waals surface area contributed by atoms with Crippen molar-refractivity contribution in [3.8, 4) is 5.75 Å². The summed E-state index contributed by atoms with van der Waals surface area (Å²) in [5, 5.41) is 3.32. The molecule has 0 fully saturated rings. The molecule has 4 aromatic rings. The van der Waals surface area contributed by atoms with Gasteiger partial charge in [-0.2, -0.15) is 0 Å². The number of benzene rings is 3. The highest BCUT2D eigenvalue weighted by Crippen LogP contribution is 2.28. The van der Waals surface area contributed by atoms with E-state index < -0.39 is 23.4 Å². The quantitative estimate of drug-likeness (QED) is 0.405. The minimum absolute atomic E-state index is 0.241. The van der Waals surface area contributed by atoms with E-state index in [0.717, 1.165) is 6.07 Å². The van der Waals surface area contributed by atoms with E-state index in [1.807, 2.05) is 0 Å². The first-order chi connectivity index (χ1) is 16.0. The number of halogens is 1. The van der Waals surface area contributed by atoms with Crippen LogP contribution in [0, 0.1) is 0 Å². The normalized spacial score (nSPS) is 11.6. The molecule has 0 radical (unpaired) electrons. The third-order valence-electron chi connectivity index (χ3n) is 4.82. The summed E-state index contributed by atoms with van der Waals surface area (Å²) in [7, 11) is 1.48. The van der Waals surface area contributed by atoms with E-state index in [9.17, 15) is 14.4 Å². The Bertz CT molecular complexity index is 1380. The van der Waals surface area contributed by atoms with Gasteiger partial charge in [0.2, 0.25) is 11.9 Å². The van der Waals surface area contributed by atoms with Gasteiger partial charge in [0.25, 0.3) is 5.91 Å². The maximum absolute atomic E-state index is 13.1. The number of rotatable bonds is 6. The molecule has 0 aliphatic heterocycles. The molecule has 3 aromatic carbocycles. The van der Waals surface area contributed by atoms with Crippen LogP contribution in [0.15, 0.2) is 88.1 Å². The van der Waals surface area contributed by atoms with Crippen LogP contribution in [-0.2, 0) is 9.53 Å². The Labute approximate surface area is 193 Å². The van der Waals surface area contributed by atoms with Crippen LogP contribution in [0.5, 0.6) is 5.75 Å². The maximum atomic E-state index is 13.1. The third-order valence-corrected chi connectivity index (χ3v) is 5.12. The lowest BCUT2D eigenvalue weighted by Crippen LogP contribution is -2.26. The highest BCUT2D eigenvalue weighted by molar-refractivity contribution is 6.32. The van der Waals surface area contributed by atoms with E-state index in [0.29, 0.717) is 27.4 Å². The Kier molecular flexibility index (Phi) is 6.42. The monoisotopic (exact) mass is 463 g/mol. The molecule has 0 aliphatic carbocycles. The fraction of sp³-hybridized carbons (Fsp3) is 0.0800. The van der Waals surface area contributed by atoms with E-state index in [4.69, 9.17) is 25.5 Å². The molecule has 0 spiro atoms. The zero-order chi connectivity index (χ0) is 23.4. The summed E-state index contributed by atoms with van der Waals surface area (Å²) in [5.74, 6) is -1.42. The molecule has 166 valence electrons.